The second-order valence-corrected chi connectivity index (χ2v) is 9.86. The van der Waals surface area contributed by atoms with Gasteiger partial charge in [-0.05, 0) is 48.4 Å². The summed E-state index contributed by atoms with van der Waals surface area (Å²) in [6.45, 7) is 1.86. The maximum atomic E-state index is 13.1. The highest BCUT2D eigenvalue weighted by molar-refractivity contribution is 6.35. The molecule has 1 amide bonds. The lowest BCUT2D eigenvalue weighted by Gasteiger charge is -2.22. The van der Waals surface area contributed by atoms with Crippen LogP contribution in [0.2, 0.25) is 15.1 Å². The Labute approximate surface area is 224 Å². The molecule has 0 bridgehead atoms. The zero-order valence-corrected chi connectivity index (χ0v) is 21.9. The first kappa shape index (κ1) is 24.7. The number of ether oxygens (including phenoxy) is 1. The van der Waals surface area contributed by atoms with E-state index < -0.39 is 6.04 Å². The number of halogens is 3. The van der Waals surface area contributed by atoms with E-state index in [1.807, 2.05) is 49.4 Å². The lowest BCUT2D eigenvalue weighted by molar-refractivity contribution is -0.136. The second kappa shape index (κ2) is 10.2. The molecule has 36 heavy (non-hydrogen) atoms. The first-order valence-corrected chi connectivity index (χ1v) is 12.5. The SMILES string of the molecule is COCC(=O)N1N=C(c2c(C)nc3ccc(Cl)cc3c2-c2ccccc2)CC1c1ccc(Cl)cc1Cl. The quantitative estimate of drug-likeness (QED) is 0.264. The summed E-state index contributed by atoms with van der Waals surface area (Å²) in [5, 5.41) is 8.83. The van der Waals surface area contributed by atoms with Gasteiger partial charge in [0.2, 0.25) is 0 Å². The molecule has 182 valence electrons. The summed E-state index contributed by atoms with van der Waals surface area (Å²) in [6.07, 6.45) is 0.450. The molecule has 5 nitrogen and oxygen atoms in total. The first-order chi connectivity index (χ1) is 17.4. The summed E-state index contributed by atoms with van der Waals surface area (Å²) in [4.78, 5) is 17.9. The lowest BCUT2D eigenvalue weighted by Crippen LogP contribution is -2.30. The van der Waals surface area contributed by atoms with Gasteiger partial charge < -0.3 is 4.74 Å². The number of nitrogens with zero attached hydrogens (tertiary/aromatic N) is 3. The number of carbonyl (C=O) groups excluding carboxylic acids is 1. The molecule has 0 spiro atoms. The van der Waals surface area contributed by atoms with Gasteiger partial charge in [0.25, 0.3) is 5.91 Å². The third-order valence-corrected chi connectivity index (χ3v) is 7.03. The van der Waals surface area contributed by atoms with E-state index in [0.717, 1.165) is 44.6 Å². The van der Waals surface area contributed by atoms with Crippen LogP contribution in [0.4, 0.5) is 0 Å². The Kier molecular flexibility index (Phi) is 7.00. The fourth-order valence-electron chi connectivity index (χ4n) is 4.71. The van der Waals surface area contributed by atoms with E-state index in [9.17, 15) is 4.79 Å². The smallest absolute Gasteiger partial charge is 0.269 e. The van der Waals surface area contributed by atoms with E-state index in [-0.39, 0.29) is 12.5 Å². The molecule has 5 rings (SSSR count). The number of methoxy groups -OCH3 is 1. The van der Waals surface area contributed by atoms with Crippen LogP contribution in [0.5, 0.6) is 0 Å². The molecule has 0 fully saturated rings. The van der Waals surface area contributed by atoms with Crippen LogP contribution in [0, 0.1) is 6.92 Å². The van der Waals surface area contributed by atoms with E-state index >= 15 is 0 Å². The molecule has 0 saturated carbocycles. The summed E-state index contributed by atoms with van der Waals surface area (Å²) in [5.74, 6) is -0.265. The summed E-state index contributed by atoms with van der Waals surface area (Å²) in [5.41, 5.74) is 6.00. The highest BCUT2D eigenvalue weighted by Gasteiger charge is 2.36. The van der Waals surface area contributed by atoms with Gasteiger partial charge in [0.15, 0.2) is 0 Å². The standard InChI is InChI=1S/C28H22Cl3N3O2/c1-16-27(28(17-6-4-3-5-7-17)21-12-18(29)9-11-23(21)32-16)24-14-25(34(33-24)26(35)15-36-2)20-10-8-19(30)13-22(20)31/h3-13,25H,14-15H2,1-2H3. The molecular weight excluding hydrogens is 517 g/mol. The van der Waals surface area contributed by atoms with Gasteiger partial charge in [0.1, 0.15) is 6.61 Å². The van der Waals surface area contributed by atoms with Crippen molar-refractivity contribution in [2.24, 2.45) is 5.10 Å². The predicted octanol–water partition coefficient (Wildman–Crippen LogP) is 7.49. The Morgan fingerprint density at radius 3 is 2.44 bits per heavy atom. The molecular formula is C28H22Cl3N3O2. The zero-order chi connectivity index (χ0) is 25.4. The second-order valence-electron chi connectivity index (χ2n) is 8.58. The molecule has 3 aromatic carbocycles. The van der Waals surface area contributed by atoms with Crippen molar-refractivity contribution in [2.75, 3.05) is 13.7 Å². The Hall–Kier alpha value is -2.96. The van der Waals surface area contributed by atoms with Gasteiger partial charge >= 0.3 is 0 Å². The van der Waals surface area contributed by atoms with Gasteiger partial charge in [0, 0.05) is 50.8 Å². The third-order valence-electron chi connectivity index (χ3n) is 6.23. The average Bonchev–Trinajstić information content (AvgIpc) is 3.29. The maximum Gasteiger partial charge on any atom is 0.269 e. The summed E-state index contributed by atoms with van der Waals surface area (Å²) in [6, 6.07) is 20.6. The van der Waals surface area contributed by atoms with Crippen LogP contribution in [0.25, 0.3) is 22.0 Å². The topological polar surface area (TPSA) is 54.8 Å². The van der Waals surface area contributed by atoms with E-state index in [0.29, 0.717) is 21.5 Å². The number of carbonyl (C=O) groups is 1. The van der Waals surface area contributed by atoms with Gasteiger partial charge in [-0.2, -0.15) is 5.10 Å². The maximum absolute atomic E-state index is 13.1. The minimum atomic E-state index is -0.412. The summed E-state index contributed by atoms with van der Waals surface area (Å²) >= 11 is 19.1. The van der Waals surface area contributed by atoms with Crippen molar-refractivity contribution in [1.29, 1.82) is 0 Å². The number of aromatic nitrogens is 1. The van der Waals surface area contributed by atoms with Crippen molar-refractivity contribution in [3.8, 4) is 11.1 Å². The number of fused-ring (bicyclic) bond motifs is 1. The summed E-state index contributed by atoms with van der Waals surface area (Å²) < 4.78 is 5.14. The van der Waals surface area contributed by atoms with E-state index in [1.165, 1.54) is 12.1 Å². The average molecular weight is 539 g/mol. The number of hydrazone groups is 1. The number of aryl methyl sites for hydroxylation is 1. The van der Waals surface area contributed by atoms with Crippen molar-refractivity contribution in [2.45, 2.75) is 19.4 Å². The van der Waals surface area contributed by atoms with Gasteiger partial charge in [-0.25, -0.2) is 5.01 Å². The molecule has 0 radical (unpaired) electrons. The molecule has 1 aromatic heterocycles. The van der Waals surface area contributed by atoms with Crippen molar-refractivity contribution >= 4 is 57.3 Å². The van der Waals surface area contributed by atoms with Crippen molar-refractivity contribution in [1.82, 2.24) is 9.99 Å². The largest absolute Gasteiger partial charge is 0.375 e. The predicted molar refractivity (Wildman–Crippen MR) is 146 cm³/mol. The van der Waals surface area contributed by atoms with E-state index in [2.05, 4.69) is 12.1 Å². The van der Waals surface area contributed by atoms with E-state index in [1.54, 1.807) is 12.1 Å². The minimum Gasteiger partial charge on any atom is -0.375 e. The highest BCUT2D eigenvalue weighted by atomic mass is 35.5. The van der Waals surface area contributed by atoms with Crippen LogP contribution in [0.15, 0.2) is 71.8 Å². The van der Waals surface area contributed by atoms with Gasteiger partial charge in [-0.1, -0.05) is 71.2 Å². The third kappa shape index (κ3) is 4.60. The Morgan fingerprint density at radius 1 is 1.00 bits per heavy atom. The monoisotopic (exact) mass is 537 g/mol. The molecule has 8 heteroatoms. The molecule has 0 saturated heterocycles. The van der Waals surface area contributed by atoms with Crippen molar-refractivity contribution < 1.29 is 9.53 Å². The molecule has 1 atom stereocenters. The molecule has 0 N–H and O–H groups in total. The number of pyridine rings is 1. The Balaban J connectivity index is 1.73. The normalized spacial score (nSPS) is 15.4. The number of rotatable bonds is 5. The molecule has 4 aromatic rings. The van der Waals surface area contributed by atoms with Gasteiger partial charge in [-0.3, -0.25) is 9.78 Å². The number of hydrogen-bond donors (Lipinski definition) is 0. The zero-order valence-electron chi connectivity index (χ0n) is 19.6. The van der Waals surface area contributed by atoms with E-state index in [4.69, 9.17) is 49.6 Å². The van der Waals surface area contributed by atoms with Gasteiger partial charge in [0.05, 0.1) is 17.3 Å². The van der Waals surface area contributed by atoms with Gasteiger partial charge in [-0.15, -0.1) is 0 Å². The molecule has 2 heterocycles. The Bertz CT molecular complexity index is 1510. The van der Waals surface area contributed by atoms with Crippen LogP contribution in [-0.2, 0) is 9.53 Å². The number of amides is 1. The van der Waals surface area contributed by atoms with Crippen LogP contribution in [0.3, 0.4) is 0 Å². The number of benzene rings is 3. The molecule has 0 aliphatic carbocycles. The van der Waals surface area contributed by atoms with Crippen LogP contribution >= 0.6 is 34.8 Å². The molecule has 1 aliphatic rings. The fraction of sp³-hybridized carbons (Fsp3) is 0.179. The number of hydrogen-bond acceptors (Lipinski definition) is 4. The van der Waals surface area contributed by atoms with Crippen molar-refractivity contribution in [3.05, 3.63) is 98.6 Å². The van der Waals surface area contributed by atoms with Crippen LogP contribution in [0.1, 0.15) is 29.3 Å². The van der Waals surface area contributed by atoms with Crippen LogP contribution in [-0.4, -0.2) is 35.3 Å². The first-order valence-electron chi connectivity index (χ1n) is 11.4. The fourth-order valence-corrected chi connectivity index (χ4v) is 5.42. The summed E-state index contributed by atoms with van der Waals surface area (Å²) in [7, 11) is 1.48. The van der Waals surface area contributed by atoms with Crippen molar-refractivity contribution in [3.63, 3.8) is 0 Å². The van der Waals surface area contributed by atoms with Crippen LogP contribution < -0.4 is 0 Å². The molecule has 1 unspecified atom stereocenters. The minimum absolute atomic E-state index is 0.103. The Morgan fingerprint density at radius 2 is 1.72 bits per heavy atom. The highest BCUT2D eigenvalue weighted by Crippen LogP contribution is 2.41. The lowest BCUT2D eigenvalue weighted by atomic mass is 9.89. The molecule has 1 aliphatic heterocycles.